The summed E-state index contributed by atoms with van der Waals surface area (Å²) in [6.07, 6.45) is 0. The van der Waals surface area contributed by atoms with Crippen molar-refractivity contribution in [2.45, 2.75) is 13.5 Å². The summed E-state index contributed by atoms with van der Waals surface area (Å²) in [5.74, 6) is 0.747. The number of hydrogen-bond donors (Lipinski definition) is 2. The number of amides is 1. The van der Waals surface area contributed by atoms with Crippen LogP contribution in [0.25, 0.3) is 0 Å². The van der Waals surface area contributed by atoms with Crippen molar-refractivity contribution < 1.29 is 9.53 Å². The molecule has 5 nitrogen and oxygen atoms in total. The highest BCUT2D eigenvalue weighted by atomic mass is 32.1. The third-order valence-corrected chi connectivity index (χ3v) is 3.29. The maximum atomic E-state index is 11.5. The van der Waals surface area contributed by atoms with Crippen molar-refractivity contribution >= 4 is 23.1 Å². The third kappa shape index (κ3) is 4.47. The van der Waals surface area contributed by atoms with E-state index in [1.165, 1.54) is 0 Å². The second-order valence-electron chi connectivity index (χ2n) is 4.37. The molecule has 6 heteroatoms. The Morgan fingerprint density at radius 2 is 2.20 bits per heavy atom. The summed E-state index contributed by atoms with van der Waals surface area (Å²) in [6, 6.07) is 5.59. The minimum atomic E-state index is -0.0173. The van der Waals surface area contributed by atoms with Crippen molar-refractivity contribution in [3.05, 3.63) is 29.3 Å². The van der Waals surface area contributed by atoms with E-state index in [1.807, 2.05) is 30.0 Å². The van der Waals surface area contributed by atoms with Gasteiger partial charge in [-0.25, -0.2) is 0 Å². The molecule has 0 saturated heterocycles. The van der Waals surface area contributed by atoms with Gasteiger partial charge in [-0.05, 0) is 24.7 Å². The molecule has 0 aliphatic heterocycles. The second-order valence-corrected chi connectivity index (χ2v) is 4.81. The maximum Gasteiger partial charge on any atom is 0.233 e. The first-order chi connectivity index (χ1) is 9.51. The van der Waals surface area contributed by atoms with Crippen molar-refractivity contribution in [2.75, 3.05) is 27.2 Å². The summed E-state index contributed by atoms with van der Waals surface area (Å²) >= 11 is 4.99. The van der Waals surface area contributed by atoms with Gasteiger partial charge in [0.2, 0.25) is 5.91 Å². The molecule has 0 atom stereocenters. The molecule has 1 aromatic rings. The van der Waals surface area contributed by atoms with Crippen LogP contribution in [0.4, 0.5) is 0 Å². The van der Waals surface area contributed by atoms with Crippen molar-refractivity contribution in [3.63, 3.8) is 0 Å². The Balaban J connectivity index is 2.95. The molecule has 0 radical (unpaired) electrons. The molecule has 0 fully saturated rings. The molecule has 1 rings (SSSR count). The zero-order chi connectivity index (χ0) is 15.1. The number of methoxy groups -OCH3 is 1. The molecule has 0 heterocycles. The van der Waals surface area contributed by atoms with Gasteiger partial charge >= 0.3 is 0 Å². The molecule has 0 aliphatic rings. The highest BCUT2D eigenvalue weighted by Crippen LogP contribution is 2.21. The van der Waals surface area contributed by atoms with E-state index in [0.29, 0.717) is 18.1 Å². The van der Waals surface area contributed by atoms with Crippen molar-refractivity contribution in [3.8, 4) is 5.75 Å². The minimum Gasteiger partial charge on any atom is -0.496 e. The van der Waals surface area contributed by atoms with E-state index in [0.717, 1.165) is 23.4 Å². The molecular formula is C14H21N3O2S. The first-order valence-corrected chi connectivity index (χ1v) is 6.82. The Morgan fingerprint density at radius 3 is 2.70 bits per heavy atom. The van der Waals surface area contributed by atoms with E-state index in [2.05, 4.69) is 5.32 Å². The lowest BCUT2D eigenvalue weighted by molar-refractivity contribution is -0.121. The molecule has 110 valence electrons. The van der Waals surface area contributed by atoms with Crippen LogP contribution in [0.3, 0.4) is 0 Å². The Hall–Kier alpha value is -1.66. The van der Waals surface area contributed by atoms with E-state index >= 15 is 0 Å². The summed E-state index contributed by atoms with van der Waals surface area (Å²) in [5, 5.41) is 2.62. The van der Waals surface area contributed by atoms with Crippen molar-refractivity contribution in [2.24, 2.45) is 5.73 Å². The average Bonchev–Trinajstić information content (AvgIpc) is 2.45. The van der Waals surface area contributed by atoms with Gasteiger partial charge in [0.25, 0.3) is 0 Å². The molecule has 1 aromatic carbocycles. The molecule has 3 N–H and O–H groups in total. The smallest absolute Gasteiger partial charge is 0.233 e. The van der Waals surface area contributed by atoms with Gasteiger partial charge in [-0.3, -0.25) is 9.69 Å². The average molecular weight is 295 g/mol. The van der Waals surface area contributed by atoms with Gasteiger partial charge in [-0.2, -0.15) is 0 Å². The number of thiocarbonyl (C=S) groups is 1. The van der Waals surface area contributed by atoms with Crippen LogP contribution in [0.15, 0.2) is 18.2 Å². The van der Waals surface area contributed by atoms with Crippen LogP contribution in [-0.2, 0) is 11.3 Å². The standard InChI is InChI=1S/C14H21N3O2S/c1-4-17(9-13(18)16-2)8-11-7-10(14(15)20)5-6-12(11)19-3/h5-7H,4,8-9H2,1-3H3,(H2,15,20)(H,16,18). The van der Waals surface area contributed by atoms with E-state index < -0.39 is 0 Å². The van der Waals surface area contributed by atoms with Crippen LogP contribution in [0.5, 0.6) is 5.75 Å². The lowest BCUT2D eigenvalue weighted by Gasteiger charge is -2.21. The number of nitrogens with two attached hydrogens (primary N) is 1. The Morgan fingerprint density at radius 1 is 1.50 bits per heavy atom. The van der Waals surface area contributed by atoms with Gasteiger partial charge < -0.3 is 15.8 Å². The number of nitrogens with one attached hydrogen (secondary N) is 1. The maximum absolute atomic E-state index is 11.5. The van der Waals surface area contributed by atoms with Crippen molar-refractivity contribution in [1.82, 2.24) is 10.2 Å². The van der Waals surface area contributed by atoms with Crippen LogP contribution < -0.4 is 15.8 Å². The molecule has 0 aromatic heterocycles. The third-order valence-electron chi connectivity index (χ3n) is 3.05. The minimum absolute atomic E-state index is 0.0173. The fourth-order valence-corrected chi connectivity index (χ4v) is 1.98. The molecular weight excluding hydrogens is 274 g/mol. The normalized spacial score (nSPS) is 10.4. The summed E-state index contributed by atoms with van der Waals surface area (Å²) in [7, 11) is 3.25. The summed E-state index contributed by atoms with van der Waals surface area (Å²) in [5.41, 5.74) is 7.41. The Kier molecular flexibility index (Phi) is 6.41. The number of carbonyl (C=O) groups is 1. The molecule has 0 bridgehead atoms. The molecule has 0 saturated carbocycles. The number of rotatable bonds is 7. The highest BCUT2D eigenvalue weighted by Gasteiger charge is 2.12. The Labute approximate surface area is 125 Å². The van der Waals surface area contributed by atoms with E-state index in [9.17, 15) is 4.79 Å². The number of ether oxygens (including phenoxy) is 1. The molecule has 1 amide bonds. The number of carbonyl (C=O) groups excluding carboxylic acids is 1. The van der Waals surface area contributed by atoms with E-state index in [4.69, 9.17) is 22.7 Å². The Bertz CT molecular complexity index is 491. The monoisotopic (exact) mass is 295 g/mol. The number of likely N-dealkylation sites (N-methyl/N-ethyl adjacent to an activating group) is 2. The summed E-state index contributed by atoms with van der Waals surface area (Å²) < 4.78 is 5.35. The molecule has 20 heavy (non-hydrogen) atoms. The summed E-state index contributed by atoms with van der Waals surface area (Å²) in [6.45, 7) is 3.71. The second kappa shape index (κ2) is 7.81. The highest BCUT2D eigenvalue weighted by molar-refractivity contribution is 7.80. The van der Waals surface area contributed by atoms with Crippen LogP contribution in [0.2, 0.25) is 0 Å². The first kappa shape index (κ1) is 16.4. The van der Waals surface area contributed by atoms with Crippen LogP contribution in [0, 0.1) is 0 Å². The zero-order valence-electron chi connectivity index (χ0n) is 12.1. The summed E-state index contributed by atoms with van der Waals surface area (Å²) in [4.78, 5) is 13.8. The lowest BCUT2D eigenvalue weighted by atomic mass is 10.1. The largest absolute Gasteiger partial charge is 0.496 e. The van der Waals surface area contributed by atoms with Gasteiger partial charge in [0.15, 0.2) is 0 Å². The van der Waals surface area contributed by atoms with Crippen LogP contribution in [0.1, 0.15) is 18.1 Å². The number of nitrogens with zero attached hydrogens (tertiary/aromatic N) is 1. The predicted octanol–water partition coefficient (Wildman–Crippen LogP) is 0.897. The predicted molar refractivity (Wildman–Crippen MR) is 83.9 cm³/mol. The number of hydrogen-bond acceptors (Lipinski definition) is 4. The fourth-order valence-electron chi connectivity index (χ4n) is 1.86. The van der Waals surface area contributed by atoms with E-state index in [1.54, 1.807) is 14.2 Å². The fraction of sp³-hybridized carbons (Fsp3) is 0.429. The van der Waals surface area contributed by atoms with Gasteiger partial charge in [-0.1, -0.05) is 19.1 Å². The topological polar surface area (TPSA) is 67.6 Å². The van der Waals surface area contributed by atoms with Gasteiger partial charge in [0, 0.05) is 24.7 Å². The van der Waals surface area contributed by atoms with E-state index in [-0.39, 0.29) is 5.91 Å². The first-order valence-electron chi connectivity index (χ1n) is 6.41. The molecule has 0 spiro atoms. The molecule has 0 unspecified atom stereocenters. The molecule has 0 aliphatic carbocycles. The zero-order valence-corrected chi connectivity index (χ0v) is 12.9. The number of benzene rings is 1. The van der Waals surface area contributed by atoms with Crippen LogP contribution >= 0.6 is 12.2 Å². The van der Waals surface area contributed by atoms with Gasteiger partial charge in [-0.15, -0.1) is 0 Å². The van der Waals surface area contributed by atoms with Gasteiger partial charge in [0.1, 0.15) is 10.7 Å². The quantitative estimate of drug-likeness (QED) is 0.732. The van der Waals surface area contributed by atoms with Crippen LogP contribution in [-0.4, -0.2) is 43.0 Å². The lowest BCUT2D eigenvalue weighted by Crippen LogP contribution is -2.35. The SMILES string of the molecule is CCN(CC(=O)NC)Cc1cc(C(N)=S)ccc1OC. The van der Waals surface area contributed by atoms with Gasteiger partial charge in [0.05, 0.1) is 13.7 Å². The van der Waals surface area contributed by atoms with Crippen molar-refractivity contribution in [1.29, 1.82) is 0 Å².